The third-order valence-corrected chi connectivity index (χ3v) is 3.34. The van der Waals surface area contributed by atoms with Gasteiger partial charge in [0, 0.05) is 12.6 Å². The van der Waals surface area contributed by atoms with E-state index in [0.29, 0.717) is 18.9 Å². The number of aliphatic carboxylic acids is 1. The molecule has 6 heteroatoms. The molecule has 0 aromatic carbocycles. The largest absolute Gasteiger partial charge is 0.481 e. The van der Waals surface area contributed by atoms with Gasteiger partial charge in [0.15, 0.2) is 0 Å². The van der Waals surface area contributed by atoms with E-state index in [0.717, 1.165) is 12.8 Å². The molecule has 2 aliphatic rings. The summed E-state index contributed by atoms with van der Waals surface area (Å²) < 4.78 is 0. The van der Waals surface area contributed by atoms with Crippen LogP contribution in [-0.4, -0.2) is 46.8 Å². The first-order valence-electron chi connectivity index (χ1n) is 6.00. The van der Waals surface area contributed by atoms with E-state index in [1.54, 1.807) is 0 Å². The lowest BCUT2D eigenvalue weighted by atomic mass is 10.1. The van der Waals surface area contributed by atoms with Crippen molar-refractivity contribution < 1.29 is 19.8 Å². The van der Waals surface area contributed by atoms with Crippen LogP contribution in [0.1, 0.15) is 25.7 Å². The molecule has 1 saturated carbocycles. The predicted octanol–water partition coefficient (Wildman–Crippen LogP) is -0.921. The van der Waals surface area contributed by atoms with Gasteiger partial charge in [-0.3, -0.25) is 9.59 Å². The molecule has 0 bridgehead atoms. The van der Waals surface area contributed by atoms with Crippen LogP contribution < -0.4 is 10.6 Å². The topological polar surface area (TPSA) is 98.7 Å². The van der Waals surface area contributed by atoms with Gasteiger partial charge in [-0.05, 0) is 25.2 Å². The fraction of sp³-hybridized carbons (Fsp3) is 0.818. The first kappa shape index (κ1) is 12.3. The van der Waals surface area contributed by atoms with Crippen LogP contribution in [0.4, 0.5) is 0 Å². The molecule has 96 valence electrons. The van der Waals surface area contributed by atoms with E-state index < -0.39 is 12.1 Å². The van der Waals surface area contributed by atoms with Crippen molar-refractivity contribution in [3.8, 4) is 0 Å². The number of rotatable bonds is 5. The fourth-order valence-corrected chi connectivity index (χ4v) is 2.22. The minimum absolute atomic E-state index is 0.0221. The number of β-amino-alcohol motifs (C(OH)–C–C–N with tert-alkyl or cyclic N) is 1. The highest BCUT2D eigenvalue weighted by molar-refractivity contribution is 5.83. The predicted molar refractivity (Wildman–Crippen MR) is 59.3 cm³/mol. The van der Waals surface area contributed by atoms with Gasteiger partial charge in [0.2, 0.25) is 5.91 Å². The van der Waals surface area contributed by atoms with Gasteiger partial charge in [-0.1, -0.05) is 0 Å². The van der Waals surface area contributed by atoms with E-state index in [1.807, 2.05) is 0 Å². The van der Waals surface area contributed by atoms with E-state index in [2.05, 4.69) is 10.6 Å². The van der Waals surface area contributed by atoms with Gasteiger partial charge >= 0.3 is 5.97 Å². The zero-order valence-corrected chi connectivity index (χ0v) is 9.56. The van der Waals surface area contributed by atoms with Crippen LogP contribution >= 0.6 is 0 Å². The average molecular weight is 242 g/mol. The lowest BCUT2D eigenvalue weighted by Gasteiger charge is -2.19. The molecule has 0 aromatic heterocycles. The molecule has 6 nitrogen and oxygen atoms in total. The maximum Gasteiger partial charge on any atom is 0.305 e. The number of aliphatic hydroxyl groups excluding tert-OH is 1. The first-order valence-corrected chi connectivity index (χ1v) is 6.00. The Bertz CT molecular complexity index is 317. The summed E-state index contributed by atoms with van der Waals surface area (Å²) in [5.41, 5.74) is 0. The van der Waals surface area contributed by atoms with Crippen LogP contribution in [0, 0.1) is 5.92 Å². The van der Waals surface area contributed by atoms with Crippen molar-refractivity contribution in [3.05, 3.63) is 0 Å². The Morgan fingerprint density at radius 1 is 1.41 bits per heavy atom. The molecule has 1 saturated heterocycles. The van der Waals surface area contributed by atoms with Crippen molar-refractivity contribution in [1.29, 1.82) is 0 Å². The number of nitrogens with one attached hydrogen (secondary N) is 2. The summed E-state index contributed by atoms with van der Waals surface area (Å²) in [6.45, 7) is 0.422. The summed E-state index contributed by atoms with van der Waals surface area (Å²) in [5.74, 6) is -0.775. The summed E-state index contributed by atoms with van der Waals surface area (Å²) in [5, 5.41) is 23.8. The number of hydrogen-bond acceptors (Lipinski definition) is 4. The molecular formula is C11H18N2O4. The third kappa shape index (κ3) is 3.41. The number of carbonyl (C=O) groups is 2. The Kier molecular flexibility index (Phi) is 3.63. The Balaban J connectivity index is 1.84. The molecule has 1 amide bonds. The Morgan fingerprint density at radius 2 is 2.12 bits per heavy atom. The molecule has 1 aliphatic carbocycles. The van der Waals surface area contributed by atoms with Crippen molar-refractivity contribution in [1.82, 2.24) is 10.6 Å². The van der Waals surface area contributed by atoms with Gasteiger partial charge in [0.25, 0.3) is 0 Å². The molecule has 3 atom stereocenters. The number of carbonyl (C=O) groups excluding carboxylic acids is 1. The van der Waals surface area contributed by atoms with Gasteiger partial charge in [0.1, 0.15) is 0 Å². The molecule has 0 spiro atoms. The summed E-state index contributed by atoms with van der Waals surface area (Å²) in [4.78, 5) is 22.5. The molecule has 1 aliphatic heterocycles. The molecule has 4 N–H and O–H groups in total. The molecule has 17 heavy (non-hydrogen) atoms. The molecule has 0 radical (unpaired) electrons. The van der Waals surface area contributed by atoms with Crippen LogP contribution in [-0.2, 0) is 9.59 Å². The van der Waals surface area contributed by atoms with E-state index in [-0.39, 0.29) is 24.4 Å². The van der Waals surface area contributed by atoms with E-state index in [4.69, 9.17) is 5.11 Å². The molecule has 2 rings (SSSR count). The summed E-state index contributed by atoms with van der Waals surface area (Å²) in [6, 6.07) is -0.653. The second-order valence-electron chi connectivity index (χ2n) is 4.90. The second kappa shape index (κ2) is 5.01. The van der Waals surface area contributed by atoms with E-state index in [9.17, 15) is 14.7 Å². The van der Waals surface area contributed by atoms with Crippen molar-refractivity contribution in [2.24, 2.45) is 5.92 Å². The SMILES string of the molecule is O=C(O)CC(NC(=O)C1CC(O)CN1)C1CC1. The highest BCUT2D eigenvalue weighted by atomic mass is 16.4. The number of amides is 1. The van der Waals surface area contributed by atoms with Crippen LogP contribution in [0.15, 0.2) is 0 Å². The summed E-state index contributed by atoms with van der Waals surface area (Å²) in [7, 11) is 0. The molecular weight excluding hydrogens is 224 g/mol. The van der Waals surface area contributed by atoms with Crippen LogP contribution in [0.2, 0.25) is 0 Å². The molecule has 0 aromatic rings. The standard InChI is InChI=1S/C11H18N2O4/c14-7-3-9(12-5-7)11(17)13-8(4-10(15)16)6-1-2-6/h6-9,12,14H,1-5H2,(H,13,17)(H,15,16). The highest BCUT2D eigenvalue weighted by Crippen LogP contribution is 2.34. The van der Waals surface area contributed by atoms with Gasteiger partial charge < -0.3 is 20.8 Å². The van der Waals surface area contributed by atoms with Gasteiger partial charge in [-0.2, -0.15) is 0 Å². The van der Waals surface area contributed by atoms with Gasteiger partial charge in [-0.15, -0.1) is 0 Å². The second-order valence-corrected chi connectivity index (χ2v) is 4.90. The summed E-state index contributed by atoms with van der Waals surface area (Å²) >= 11 is 0. The number of hydrogen-bond donors (Lipinski definition) is 4. The van der Waals surface area contributed by atoms with E-state index in [1.165, 1.54) is 0 Å². The third-order valence-electron chi connectivity index (χ3n) is 3.34. The molecule has 1 heterocycles. The Morgan fingerprint density at radius 3 is 2.59 bits per heavy atom. The van der Waals surface area contributed by atoms with Gasteiger partial charge in [0.05, 0.1) is 18.6 Å². The minimum Gasteiger partial charge on any atom is -0.481 e. The van der Waals surface area contributed by atoms with Crippen LogP contribution in [0.25, 0.3) is 0 Å². The smallest absolute Gasteiger partial charge is 0.305 e. The van der Waals surface area contributed by atoms with Crippen molar-refractivity contribution in [2.45, 2.75) is 43.9 Å². The van der Waals surface area contributed by atoms with Crippen molar-refractivity contribution in [2.75, 3.05) is 6.54 Å². The quantitative estimate of drug-likeness (QED) is 0.500. The van der Waals surface area contributed by atoms with Crippen molar-refractivity contribution >= 4 is 11.9 Å². The number of carboxylic acids is 1. The van der Waals surface area contributed by atoms with E-state index >= 15 is 0 Å². The Hall–Kier alpha value is -1.14. The minimum atomic E-state index is -0.887. The van der Waals surface area contributed by atoms with Crippen LogP contribution in [0.5, 0.6) is 0 Å². The number of carboxylic acid groups (broad SMARTS) is 1. The number of aliphatic hydroxyl groups is 1. The lowest BCUT2D eigenvalue weighted by molar-refractivity contribution is -0.138. The fourth-order valence-electron chi connectivity index (χ4n) is 2.22. The normalized spacial score (nSPS) is 29.9. The monoisotopic (exact) mass is 242 g/mol. The average Bonchev–Trinajstić information content (AvgIpc) is 2.99. The van der Waals surface area contributed by atoms with Gasteiger partial charge in [-0.25, -0.2) is 0 Å². The lowest BCUT2D eigenvalue weighted by Crippen LogP contribution is -2.46. The zero-order valence-electron chi connectivity index (χ0n) is 9.56. The van der Waals surface area contributed by atoms with Crippen LogP contribution in [0.3, 0.4) is 0 Å². The Labute approximate surface area is 99.4 Å². The highest BCUT2D eigenvalue weighted by Gasteiger charge is 2.36. The summed E-state index contributed by atoms with van der Waals surface area (Å²) in [6.07, 6.45) is 1.87. The maximum atomic E-state index is 11.8. The molecule has 3 unspecified atom stereocenters. The first-order chi connectivity index (χ1) is 8.06. The zero-order chi connectivity index (χ0) is 12.4. The molecule has 2 fully saturated rings. The van der Waals surface area contributed by atoms with Crippen molar-refractivity contribution in [3.63, 3.8) is 0 Å². The maximum absolute atomic E-state index is 11.8.